The Morgan fingerprint density at radius 2 is 1.79 bits per heavy atom. The lowest BCUT2D eigenvalue weighted by Gasteiger charge is -2.17. The lowest BCUT2D eigenvalue weighted by Crippen LogP contribution is -2.30. The maximum absolute atomic E-state index is 12.2. The Bertz CT molecular complexity index is 955. The lowest BCUT2D eigenvalue weighted by atomic mass is 10.2. The van der Waals surface area contributed by atoms with E-state index in [2.05, 4.69) is 5.32 Å². The van der Waals surface area contributed by atoms with Crippen molar-refractivity contribution in [1.29, 1.82) is 5.26 Å². The lowest BCUT2D eigenvalue weighted by molar-refractivity contribution is -0.133. The number of halogens is 2. The molecule has 0 saturated heterocycles. The molecule has 0 fully saturated rings. The van der Waals surface area contributed by atoms with Gasteiger partial charge >= 0.3 is 5.97 Å². The molecule has 0 saturated carbocycles. The summed E-state index contributed by atoms with van der Waals surface area (Å²) in [5.41, 5.74) is 1.46. The van der Waals surface area contributed by atoms with Crippen LogP contribution < -0.4 is 5.32 Å². The second-order valence-electron chi connectivity index (χ2n) is 6.03. The number of carbonyl (C=O) groups is 3. The zero-order valence-corrected chi connectivity index (χ0v) is 17.0. The molecule has 0 heterocycles. The molecule has 0 atom stereocenters. The van der Waals surface area contributed by atoms with Crippen molar-refractivity contribution in [3.63, 3.8) is 0 Å². The molecule has 0 aromatic heterocycles. The largest absolute Gasteiger partial charge is 0.452 e. The molecule has 0 spiro atoms. The van der Waals surface area contributed by atoms with Crippen molar-refractivity contribution in [1.82, 2.24) is 4.90 Å². The number of likely N-dealkylation sites (N-methyl/N-ethyl adjacent to an activating group) is 1. The second kappa shape index (κ2) is 10.5. The van der Waals surface area contributed by atoms with Gasteiger partial charge in [0, 0.05) is 19.3 Å². The monoisotopic (exact) mass is 433 g/mol. The Labute approximate surface area is 177 Å². The molecule has 150 valence electrons. The van der Waals surface area contributed by atoms with E-state index in [4.69, 9.17) is 33.2 Å². The highest BCUT2D eigenvalue weighted by Gasteiger charge is 2.14. The molecule has 2 amide bonds. The van der Waals surface area contributed by atoms with Gasteiger partial charge in [0.15, 0.2) is 6.61 Å². The number of anilines is 1. The molecule has 0 aliphatic rings. The van der Waals surface area contributed by atoms with Crippen LogP contribution in [0.4, 0.5) is 5.69 Å². The first-order valence-corrected chi connectivity index (χ1v) is 9.17. The van der Waals surface area contributed by atoms with Crippen molar-refractivity contribution < 1.29 is 19.1 Å². The molecule has 0 unspecified atom stereocenters. The van der Waals surface area contributed by atoms with E-state index in [1.807, 2.05) is 0 Å². The summed E-state index contributed by atoms with van der Waals surface area (Å²) in [6, 6.07) is 12.7. The van der Waals surface area contributed by atoms with Crippen LogP contribution in [0.5, 0.6) is 0 Å². The van der Waals surface area contributed by atoms with Crippen LogP contribution in [0, 0.1) is 11.3 Å². The first kappa shape index (κ1) is 22.2. The minimum absolute atomic E-state index is 0.225. The van der Waals surface area contributed by atoms with Crippen LogP contribution in [-0.2, 0) is 20.9 Å². The van der Waals surface area contributed by atoms with Crippen molar-refractivity contribution in [3.05, 3.63) is 63.6 Å². The molecule has 2 rings (SSSR count). The number of carbonyl (C=O) groups excluding carboxylic acids is 3. The maximum Gasteiger partial charge on any atom is 0.338 e. The first-order valence-electron chi connectivity index (χ1n) is 8.42. The summed E-state index contributed by atoms with van der Waals surface area (Å²) in [5.74, 6) is -1.50. The fourth-order valence-corrected chi connectivity index (χ4v) is 2.61. The van der Waals surface area contributed by atoms with Gasteiger partial charge < -0.3 is 15.0 Å². The maximum atomic E-state index is 12.2. The van der Waals surface area contributed by atoms with Crippen LogP contribution in [0.1, 0.15) is 22.3 Å². The number of amides is 2. The van der Waals surface area contributed by atoms with Crippen LogP contribution in [0.25, 0.3) is 0 Å². The fourth-order valence-electron chi connectivity index (χ4n) is 2.29. The molecule has 1 N–H and O–H groups in total. The van der Waals surface area contributed by atoms with Gasteiger partial charge in [-0.05, 0) is 42.0 Å². The number of benzene rings is 2. The summed E-state index contributed by atoms with van der Waals surface area (Å²) >= 11 is 11.8. The van der Waals surface area contributed by atoms with E-state index in [0.29, 0.717) is 15.7 Å². The minimum Gasteiger partial charge on any atom is -0.452 e. The number of hydrogen-bond donors (Lipinski definition) is 1. The number of rotatable bonds is 7. The van der Waals surface area contributed by atoms with E-state index in [0.717, 1.165) is 5.56 Å². The fraction of sp³-hybridized carbons (Fsp3) is 0.200. The van der Waals surface area contributed by atoms with Gasteiger partial charge in [-0.1, -0.05) is 29.3 Å². The topological polar surface area (TPSA) is 99.5 Å². The van der Waals surface area contributed by atoms with Gasteiger partial charge in [0.2, 0.25) is 5.91 Å². The Morgan fingerprint density at radius 3 is 2.41 bits per heavy atom. The minimum atomic E-state index is -0.670. The highest BCUT2D eigenvalue weighted by atomic mass is 35.5. The van der Waals surface area contributed by atoms with Gasteiger partial charge in [-0.25, -0.2) is 4.79 Å². The van der Waals surface area contributed by atoms with Crippen LogP contribution in [-0.4, -0.2) is 36.3 Å². The van der Waals surface area contributed by atoms with Crippen LogP contribution in [0.15, 0.2) is 42.5 Å². The molecule has 0 bridgehead atoms. The van der Waals surface area contributed by atoms with Gasteiger partial charge in [-0.3, -0.25) is 9.59 Å². The van der Waals surface area contributed by atoms with Gasteiger partial charge in [0.25, 0.3) is 5.91 Å². The molecule has 2 aromatic rings. The smallest absolute Gasteiger partial charge is 0.338 e. The van der Waals surface area contributed by atoms with Gasteiger partial charge in [0.1, 0.15) is 6.42 Å². The van der Waals surface area contributed by atoms with Crippen LogP contribution in [0.2, 0.25) is 10.0 Å². The number of nitrogens with one attached hydrogen (secondary N) is 1. The van der Waals surface area contributed by atoms with E-state index >= 15 is 0 Å². The van der Waals surface area contributed by atoms with E-state index < -0.39 is 18.5 Å². The Kier molecular flexibility index (Phi) is 8.01. The Hall–Kier alpha value is -3.08. The van der Waals surface area contributed by atoms with E-state index in [1.165, 1.54) is 29.2 Å². The predicted octanol–water partition coefficient (Wildman–Crippen LogP) is 3.66. The first-order chi connectivity index (χ1) is 13.8. The predicted molar refractivity (Wildman–Crippen MR) is 109 cm³/mol. The Morgan fingerprint density at radius 1 is 1.10 bits per heavy atom. The van der Waals surface area contributed by atoms with E-state index in [9.17, 15) is 14.4 Å². The molecule has 9 heteroatoms. The van der Waals surface area contributed by atoms with Crippen LogP contribution in [0.3, 0.4) is 0 Å². The molecule has 29 heavy (non-hydrogen) atoms. The average molecular weight is 434 g/mol. The molecule has 0 radical (unpaired) electrons. The quantitative estimate of drug-likeness (QED) is 0.671. The number of ether oxygens (including phenoxy) is 1. The average Bonchev–Trinajstić information content (AvgIpc) is 2.69. The van der Waals surface area contributed by atoms with Crippen molar-refractivity contribution >= 4 is 46.7 Å². The third-order valence-corrected chi connectivity index (χ3v) is 4.54. The zero-order chi connectivity index (χ0) is 21.4. The molecular formula is C20H17Cl2N3O4. The zero-order valence-electron chi connectivity index (χ0n) is 15.4. The number of esters is 1. The summed E-state index contributed by atoms with van der Waals surface area (Å²) < 4.78 is 5.04. The summed E-state index contributed by atoms with van der Waals surface area (Å²) in [5, 5.41) is 11.8. The summed E-state index contributed by atoms with van der Waals surface area (Å²) in [7, 11) is 1.58. The molecular weight excluding hydrogens is 417 g/mol. The van der Waals surface area contributed by atoms with Gasteiger partial charge in [0.05, 0.1) is 21.7 Å². The van der Waals surface area contributed by atoms with Crippen LogP contribution >= 0.6 is 23.2 Å². The van der Waals surface area contributed by atoms with Crippen molar-refractivity contribution in [2.24, 2.45) is 0 Å². The number of nitrogens with zero attached hydrogens (tertiary/aromatic N) is 2. The Balaban J connectivity index is 1.85. The molecule has 0 aliphatic heterocycles. The third-order valence-electron chi connectivity index (χ3n) is 3.80. The van der Waals surface area contributed by atoms with Gasteiger partial charge in [-0.2, -0.15) is 5.26 Å². The molecule has 7 nitrogen and oxygen atoms in total. The molecule has 2 aromatic carbocycles. The highest BCUT2D eigenvalue weighted by Crippen LogP contribution is 2.23. The van der Waals surface area contributed by atoms with E-state index in [1.54, 1.807) is 31.3 Å². The standard InChI is InChI=1S/C20H17Cl2N3O4/c1-25(11-13-2-7-16(21)17(22)10-13)19(27)12-29-20(28)14-3-5-15(6-4-14)24-18(26)8-9-23/h2-7,10H,8,11-12H2,1H3,(H,24,26). The summed E-state index contributed by atoms with van der Waals surface area (Å²) in [4.78, 5) is 37.0. The van der Waals surface area contributed by atoms with Gasteiger partial charge in [-0.15, -0.1) is 0 Å². The van der Waals surface area contributed by atoms with Crippen molar-refractivity contribution in [3.8, 4) is 6.07 Å². The third kappa shape index (κ3) is 6.79. The number of nitriles is 1. The summed E-state index contributed by atoms with van der Waals surface area (Å²) in [6.07, 6.45) is -0.262. The second-order valence-corrected chi connectivity index (χ2v) is 6.85. The van der Waals surface area contributed by atoms with E-state index in [-0.39, 0.29) is 24.4 Å². The highest BCUT2D eigenvalue weighted by molar-refractivity contribution is 6.42. The normalized spacial score (nSPS) is 10.0. The van der Waals surface area contributed by atoms with Crippen molar-refractivity contribution in [2.75, 3.05) is 19.0 Å². The number of hydrogen-bond acceptors (Lipinski definition) is 5. The summed E-state index contributed by atoms with van der Waals surface area (Å²) in [6.45, 7) is -0.137. The SMILES string of the molecule is CN(Cc1ccc(Cl)c(Cl)c1)C(=O)COC(=O)c1ccc(NC(=O)CC#N)cc1. The van der Waals surface area contributed by atoms with Crippen molar-refractivity contribution in [2.45, 2.75) is 13.0 Å². The molecule has 0 aliphatic carbocycles.